The maximum atomic E-state index is 12.5. The summed E-state index contributed by atoms with van der Waals surface area (Å²) in [6.45, 7) is 2.46. The van der Waals surface area contributed by atoms with Crippen molar-refractivity contribution in [2.45, 2.75) is 43.2 Å². The number of imidazole rings is 1. The van der Waals surface area contributed by atoms with Gasteiger partial charge in [0.2, 0.25) is 0 Å². The van der Waals surface area contributed by atoms with Gasteiger partial charge in [-0.2, -0.15) is 4.31 Å². The number of H-pyrrole nitrogens is 1. The molecule has 0 radical (unpaired) electrons. The van der Waals surface area contributed by atoms with E-state index in [0.717, 1.165) is 19.3 Å². The van der Waals surface area contributed by atoms with Gasteiger partial charge in [0, 0.05) is 25.6 Å². The molecule has 0 spiro atoms. The largest absolute Gasteiger partial charge is 0.332 e. The average Bonchev–Trinajstić information content (AvgIpc) is 2.82. The van der Waals surface area contributed by atoms with E-state index in [1.807, 2.05) is 21.0 Å². The number of aryl methyl sites for hydroxylation is 1. The highest BCUT2D eigenvalue weighted by Gasteiger charge is 2.42. The van der Waals surface area contributed by atoms with Gasteiger partial charge in [0.1, 0.15) is 5.82 Å². The van der Waals surface area contributed by atoms with Gasteiger partial charge in [0.15, 0.2) is 5.03 Å². The Labute approximate surface area is 121 Å². The van der Waals surface area contributed by atoms with Crippen LogP contribution in [-0.2, 0) is 16.4 Å². The van der Waals surface area contributed by atoms with E-state index in [1.165, 1.54) is 10.5 Å². The van der Waals surface area contributed by atoms with Crippen molar-refractivity contribution in [3.63, 3.8) is 0 Å². The molecule has 2 rings (SSSR count). The third-order valence-corrected chi connectivity index (χ3v) is 6.09. The van der Waals surface area contributed by atoms with Crippen LogP contribution in [0, 0.1) is 0 Å². The van der Waals surface area contributed by atoms with Crippen LogP contribution < -0.4 is 0 Å². The number of nitrogens with one attached hydrogen (secondary N) is 1. The Hall–Kier alpha value is -0.920. The second-order valence-electron chi connectivity index (χ2n) is 5.78. The number of hydrogen-bond donors (Lipinski definition) is 1. The van der Waals surface area contributed by atoms with Crippen molar-refractivity contribution in [2.75, 3.05) is 27.7 Å². The van der Waals surface area contributed by atoms with Crippen molar-refractivity contribution in [3.05, 3.63) is 12.0 Å². The fourth-order valence-corrected chi connectivity index (χ4v) is 3.83. The second kappa shape index (κ2) is 5.46. The zero-order chi connectivity index (χ0) is 15.0. The molecule has 0 unspecified atom stereocenters. The third-order valence-electron chi connectivity index (χ3n) is 4.38. The highest BCUT2D eigenvalue weighted by atomic mass is 32.2. The van der Waals surface area contributed by atoms with Gasteiger partial charge < -0.3 is 9.88 Å². The number of aromatic nitrogens is 2. The lowest BCUT2D eigenvalue weighted by Gasteiger charge is -2.48. The Morgan fingerprint density at radius 1 is 1.35 bits per heavy atom. The maximum absolute atomic E-state index is 12.5. The Bertz CT molecular complexity index is 561. The van der Waals surface area contributed by atoms with Crippen LogP contribution in [0.4, 0.5) is 0 Å². The van der Waals surface area contributed by atoms with Crippen molar-refractivity contribution < 1.29 is 8.42 Å². The Morgan fingerprint density at radius 3 is 2.40 bits per heavy atom. The summed E-state index contributed by atoms with van der Waals surface area (Å²) < 4.78 is 26.5. The molecule has 20 heavy (non-hydrogen) atoms. The lowest BCUT2D eigenvalue weighted by atomic mass is 9.75. The molecule has 0 amide bonds. The summed E-state index contributed by atoms with van der Waals surface area (Å²) in [5, 5.41) is 0.185. The molecule has 114 valence electrons. The number of rotatable bonds is 6. The average molecular weight is 300 g/mol. The summed E-state index contributed by atoms with van der Waals surface area (Å²) in [6.07, 6.45) is 5.36. The van der Waals surface area contributed by atoms with E-state index in [0.29, 0.717) is 18.8 Å². The molecular formula is C13H24N4O2S. The first kappa shape index (κ1) is 15.5. The van der Waals surface area contributed by atoms with Crippen LogP contribution in [-0.4, -0.2) is 60.8 Å². The van der Waals surface area contributed by atoms with Crippen LogP contribution in [0.5, 0.6) is 0 Å². The molecule has 1 saturated carbocycles. The molecule has 6 nitrogen and oxygen atoms in total. The van der Waals surface area contributed by atoms with Crippen molar-refractivity contribution >= 4 is 10.0 Å². The van der Waals surface area contributed by atoms with Crippen LogP contribution >= 0.6 is 0 Å². The first-order valence-electron chi connectivity index (χ1n) is 6.99. The first-order valence-corrected chi connectivity index (χ1v) is 8.43. The van der Waals surface area contributed by atoms with Crippen LogP contribution in [0.2, 0.25) is 0 Å². The van der Waals surface area contributed by atoms with Crippen molar-refractivity contribution in [3.8, 4) is 0 Å². The van der Waals surface area contributed by atoms with E-state index in [9.17, 15) is 8.42 Å². The van der Waals surface area contributed by atoms with Gasteiger partial charge in [-0.15, -0.1) is 0 Å². The summed E-state index contributed by atoms with van der Waals surface area (Å²) in [7, 11) is 2.20. The molecule has 7 heteroatoms. The van der Waals surface area contributed by atoms with Gasteiger partial charge in [-0.1, -0.05) is 6.92 Å². The predicted molar refractivity (Wildman–Crippen MR) is 78.1 cm³/mol. The standard InChI is InChI=1S/C13H24N4O2S/c1-5-11-14-9-12(15-11)20(18,19)17(4)10-13(16(2)3)7-6-8-13/h9H,5-8,10H2,1-4H3,(H,14,15). The summed E-state index contributed by atoms with van der Waals surface area (Å²) >= 11 is 0. The monoisotopic (exact) mass is 300 g/mol. The first-order chi connectivity index (χ1) is 9.32. The van der Waals surface area contributed by atoms with E-state index >= 15 is 0 Å². The van der Waals surface area contributed by atoms with Crippen LogP contribution in [0.25, 0.3) is 0 Å². The minimum absolute atomic E-state index is 0.0184. The van der Waals surface area contributed by atoms with Gasteiger partial charge >= 0.3 is 0 Å². The number of hydrogen-bond acceptors (Lipinski definition) is 4. The van der Waals surface area contributed by atoms with E-state index in [-0.39, 0.29) is 10.6 Å². The fourth-order valence-electron chi connectivity index (χ4n) is 2.65. The molecule has 1 N–H and O–H groups in total. The lowest BCUT2D eigenvalue weighted by Crippen LogP contribution is -2.57. The molecule has 0 bridgehead atoms. The van der Waals surface area contributed by atoms with Gasteiger partial charge in [-0.25, -0.2) is 13.4 Å². The van der Waals surface area contributed by atoms with Gasteiger partial charge in [0.05, 0.1) is 6.20 Å². The minimum atomic E-state index is -3.48. The molecule has 0 atom stereocenters. The van der Waals surface area contributed by atoms with Crippen molar-refractivity contribution in [1.82, 2.24) is 19.2 Å². The normalized spacial score (nSPS) is 18.5. The molecule has 1 aliphatic carbocycles. The van der Waals surface area contributed by atoms with Crippen LogP contribution in [0.3, 0.4) is 0 Å². The van der Waals surface area contributed by atoms with E-state index in [4.69, 9.17) is 0 Å². The Morgan fingerprint density at radius 2 is 2.00 bits per heavy atom. The summed E-state index contributed by atoms with van der Waals surface area (Å²) in [5.74, 6) is 0.697. The van der Waals surface area contributed by atoms with E-state index < -0.39 is 10.0 Å². The number of sulfonamides is 1. The van der Waals surface area contributed by atoms with Crippen LogP contribution in [0.15, 0.2) is 11.2 Å². The van der Waals surface area contributed by atoms with Gasteiger partial charge in [-0.3, -0.25) is 0 Å². The third kappa shape index (κ3) is 2.62. The SMILES string of the molecule is CCc1ncc(S(=O)(=O)N(C)CC2(N(C)C)CCC2)[nH]1. The highest BCUT2D eigenvalue weighted by Crippen LogP contribution is 2.37. The van der Waals surface area contributed by atoms with Crippen molar-refractivity contribution in [1.29, 1.82) is 0 Å². The lowest BCUT2D eigenvalue weighted by molar-refractivity contribution is 0.0455. The van der Waals surface area contributed by atoms with Crippen LogP contribution in [0.1, 0.15) is 32.0 Å². The number of aromatic amines is 1. The molecule has 1 aliphatic rings. The molecular weight excluding hydrogens is 276 g/mol. The summed E-state index contributed by atoms with van der Waals surface area (Å²) in [5.41, 5.74) is -0.0184. The van der Waals surface area contributed by atoms with E-state index in [1.54, 1.807) is 7.05 Å². The molecule has 1 heterocycles. The molecule has 0 saturated heterocycles. The smallest absolute Gasteiger partial charge is 0.259 e. The minimum Gasteiger partial charge on any atom is -0.332 e. The van der Waals surface area contributed by atoms with Gasteiger partial charge in [-0.05, 0) is 33.4 Å². The summed E-state index contributed by atoms with van der Waals surface area (Å²) in [4.78, 5) is 9.10. The summed E-state index contributed by atoms with van der Waals surface area (Å²) in [6, 6.07) is 0. The maximum Gasteiger partial charge on any atom is 0.259 e. The zero-order valence-electron chi connectivity index (χ0n) is 12.7. The number of likely N-dealkylation sites (N-methyl/N-ethyl adjacent to an activating group) is 2. The Balaban J connectivity index is 2.17. The fraction of sp³-hybridized carbons (Fsp3) is 0.769. The van der Waals surface area contributed by atoms with E-state index in [2.05, 4.69) is 14.9 Å². The molecule has 0 aromatic carbocycles. The Kier molecular flexibility index (Phi) is 4.22. The number of nitrogens with zero attached hydrogens (tertiary/aromatic N) is 3. The zero-order valence-corrected chi connectivity index (χ0v) is 13.5. The molecule has 0 aliphatic heterocycles. The predicted octanol–water partition coefficient (Wildman–Crippen LogP) is 1.08. The highest BCUT2D eigenvalue weighted by molar-refractivity contribution is 7.89. The molecule has 1 fully saturated rings. The van der Waals surface area contributed by atoms with Crippen molar-refractivity contribution in [2.24, 2.45) is 0 Å². The molecule has 1 aromatic rings. The van der Waals surface area contributed by atoms with Gasteiger partial charge in [0.25, 0.3) is 10.0 Å². The quantitative estimate of drug-likeness (QED) is 0.853. The second-order valence-corrected chi connectivity index (χ2v) is 7.79. The topological polar surface area (TPSA) is 69.3 Å². The molecule has 1 aromatic heterocycles.